The maximum atomic E-state index is 11.6. The molecule has 2 rings (SSSR count). The zero-order valence-electron chi connectivity index (χ0n) is 11.4. The van der Waals surface area contributed by atoms with Crippen molar-refractivity contribution >= 4 is 23.0 Å². The number of thioether (sulfide) groups is 1. The van der Waals surface area contributed by atoms with Gasteiger partial charge in [-0.1, -0.05) is 6.07 Å². The number of carbonyl (C=O) groups excluding carboxylic acids is 1. The summed E-state index contributed by atoms with van der Waals surface area (Å²) in [5.74, 6) is -1.19. The van der Waals surface area contributed by atoms with Crippen LogP contribution < -0.4 is 0 Å². The molecule has 2 unspecified atom stereocenters. The second-order valence-corrected chi connectivity index (χ2v) is 6.15. The van der Waals surface area contributed by atoms with E-state index in [2.05, 4.69) is 0 Å². The molecule has 1 aromatic rings. The summed E-state index contributed by atoms with van der Waals surface area (Å²) in [4.78, 5) is 24.7. The van der Waals surface area contributed by atoms with Gasteiger partial charge in [-0.05, 0) is 41.4 Å². The number of amides is 1. The summed E-state index contributed by atoms with van der Waals surface area (Å²) in [5.41, 5.74) is 1.71. The van der Waals surface area contributed by atoms with Crippen molar-refractivity contribution in [2.24, 2.45) is 5.92 Å². The summed E-state index contributed by atoms with van der Waals surface area (Å²) in [5, 5.41) is 18.9. The van der Waals surface area contributed by atoms with Crippen molar-refractivity contribution < 1.29 is 19.8 Å². The van der Waals surface area contributed by atoms with Crippen molar-refractivity contribution in [3.8, 4) is 0 Å². The first-order valence-electron chi connectivity index (χ1n) is 6.30. The fraction of sp³-hybridized carbons (Fsp3) is 0.429. The molecular formula is C14H17NO4S. The maximum Gasteiger partial charge on any atom is 0.303 e. The number of nitrogens with zero attached hydrogens (tertiary/aromatic N) is 1. The lowest BCUT2D eigenvalue weighted by atomic mass is 10.00. The predicted molar refractivity (Wildman–Crippen MR) is 75.8 cm³/mol. The lowest BCUT2D eigenvalue weighted by Gasteiger charge is -2.12. The van der Waals surface area contributed by atoms with Gasteiger partial charge in [0.05, 0.1) is 12.5 Å². The van der Waals surface area contributed by atoms with E-state index in [9.17, 15) is 14.7 Å². The van der Waals surface area contributed by atoms with Crippen LogP contribution in [0, 0.1) is 5.92 Å². The molecule has 0 radical (unpaired) electrons. The van der Waals surface area contributed by atoms with Gasteiger partial charge in [0.1, 0.15) is 0 Å². The first-order valence-corrected chi connectivity index (χ1v) is 7.12. The SMILES string of the molecule is CN(C)C(=O)Sc1ccc2c(c1)CC(CC(=O)O)C2O. The van der Waals surface area contributed by atoms with Crippen LogP contribution >= 0.6 is 11.8 Å². The summed E-state index contributed by atoms with van der Waals surface area (Å²) in [7, 11) is 3.38. The zero-order chi connectivity index (χ0) is 14.9. The number of rotatable bonds is 3. The van der Waals surface area contributed by atoms with Crippen molar-refractivity contribution in [2.45, 2.75) is 23.8 Å². The van der Waals surface area contributed by atoms with Gasteiger partial charge in [0, 0.05) is 24.9 Å². The normalized spacial score (nSPS) is 20.6. The van der Waals surface area contributed by atoms with Crippen LogP contribution in [0.5, 0.6) is 0 Å². The highest BCUT2D eigenvalue weighted by atomic mass is 32.2. The zero-order valence-corrected chi connectivity index (χ0v) is 12.2. The number of aliphatic hydroxyl groups is 1. The van der Waals surface area contributed by atoms with E-state index in [1.165, 1.54) is 4.90 Å². The van der Waals surface area contributed by atoms with E-state index in [1.807, 2.05) is 6.07 Å². The quantitative estimate of drug-likeness (QED) is 0.835. The molecule has 0 bridgehead atoms. The van der Waals surface area contributed by atoms with Crippen LogP contribution in [0.2, 0.25) is 0 Å². The minimum absolute atomic E-state index is 0.0467. The van der Waals surface area contributed by atoms with E-state index in [-0.39, 0.29) is 17.6 Å². The van der Waals surface area contributed by atoms with Crippen molar-refractivity contribution in [1.29, 1.82) is 0 Å². The third-order valence-corrected chi connectivity index (χ3v) is 4.40. The maximum absolute atomic E-state index is 11.6. The largest absolute Gasteiger partial charge is 0.481 e. The molecule has 108 valence electrons. The van der Waals surface area contributed by atoms with E-state index >= 15 is 0 Å². The highest BCUT2D eigenvalue weighted by Gasteiger charge is 2.32. The first-order chi connectivity index (χ1) is 9.38. The van der Waals surface area contributed by atoms with Gasteiger partial charge in [0.15, 0.2) is 0 Å². The Labute approximate surface area is 121 Å². The Bertz CT molecular complexity index is 544. The molecule has 0 spiro atoms. The van der Waals surface area contributed by atoms with Crippen LogP contribution in [0.25, 0.3) is 0 Å². The second kappa shape index (κ2) is 5.85. The Kier molecular flexibility index (Phi) is 4.35. The number of aliphatic carboxylic acids is 1. The first kappa shape index (κ1) is 14.9. The van der Waals surface area contributed by atoms with Crippen LogP contribution in [0.4, 0.5) is 4.79 Å². The molecular weight excluding hydrogens is 278 g/mol. The molecule has 0 aliphatic heterocycles. The van der Waals surface area contributed by atoms with Gasteiger partial charge in [0.2, 0.25) is 0 Å². The number of benzene rings is 1. The van der Waals surface area contributed by atoms with Crippen molar-refractivity contribution in [3.05, 3.63) is 29.3 Å². The van der Waals surface area contributed by atoms with Crippen molar-refractivity contribution in [2.75, 3.05) is 14.1 Å². The predicted octanol–water partition coefficient (Wildman–Crippen LogP) is 2.14. The number of fused-ring (bicyclic) bond motifs is 1. The molecule has 0 fully saturated rings. The number of carbonyl (C=O) groups is 2. The fourth-order valence-corrected chi connectivity index (χ4v) is 3.08. The average molecular weight is 295 g/mol. The molecule has 2 N–H and O–H groups in total. The summed E-state index contributed by atoms with van der Waals surface area (Å²) >= 11 is 1.12. The summed E-state index contributed by atoms with van der Waals surface area (Å²) < 4.78 is 0. The third-order valence-electron chi connectivity index (χ3n) is 3.37. The average Bonchev–Trinajstić information content (AvgIpc) is 2.65. The topological polar surface area (TPSA) is 77.8 Å². The van der Waals surface area contributed by atoms with Gasteiger partial charge in [-0.15, -0.1) is 0 Å². The Morgan fingerprint density at radius 1 is 1.40 bits per heavy atom. The minimum Gasteiger partial charge on any atom is -0.481 e. The van der Waals surface area contributed by atoms with Gasteiger partial charge in [-0.25, -0.2) is 0 Å². The van der Waals surface area contributed by atoms with Gasteiger partial charge in [-0.2, -0.15) is 0 Å². The highest BCUT2D eigenvalue weighted by molar-refractivity contribution is 8.13. The summed E-state index contributed by atoms with van der Waals surface area (Å²) in [6.45, 7) is 0. The second-order valence-electron chi connectivity index (χ2n) is 5.13. The van der Waals surface area contributed by atoms with Gasteiger partial charge in [0.25, 0.3) is 5.24 Å². The molecule has 20 heavy (non-hydrogen) atoms. The van der Waals surface area contributed by atoms with Gasteiger partial charge < -0.3 is 15.1 Å². The standard InChI is InChI=1S/C14H17NO4S/c1-15(2)14(19)20-10-3-4-11-8(6-10)5-9(13(11)18)7-12(16)17/h3-4,6,9,13,18H,5,7H2,1-2H3,(H,16,17). The van der Waals surface area contributed by atoms with Crippen LogP contribution in [-0.2, 0) is 11.2 Å². The highest BCUT2D eigenvalue weighted by Crippen LogP contribution is 2.39. The van der Waals surface area contributed by atoms with Crippen LogP contribution in [0.15, 0.2) is 23.1 Å². The molecule has 5 nitrogen and oxygen atoms in total. The number of carboxylic acid groups (broad SMARTS) is 1. The van der Waals surface area contributed by atoms with Crippen LogP contribution in [0.3, 0.4) is 0 Å². The monoisotopic (exact) mass is 295 g/mol. The van der Waals surface area contributed by atoms with E-state index in [0.29, 0.717) is 6.42 Å². The number of aliphatic hydroxyl groups excluding tert-OH is 1. The van der Waals surface area contributed by atoms with Crippen LogP contribution in [0.1, 0.15) is 23.7 Å². The Morgan fingerprint density at radius 3 is 2.70 bits per heavy atom. The Hall–Kier alpha value is -1.53. The number of hydrogen-bond donors (Lipinski definition) is 2. The molecule has 0 saturated carbocycles. The van der Waals surface area contributed by atoms with Gasteiger partial charge in [-0.3, -0.25) is 9.59 Å². The van der Waals surface area contributed by atoms with E-state index in [1.54, 1.807) is 26.2 Å². The van der Waals surface area contributed by atoms with E-state index in [4.69, 9.17) is 5.11 Å². The summed E-state index contributed by atoms with van der Waals surface area (Å²) in [6, 6.07) is 5.44. The molecule has 6 heteroatoms. The smallest absolute Gasteiger partial charge is 0.303 e. The molecule has 1 aliphatic rings. The van der Waals surface area contributed by atoms with Crippen LogP contribution in [-0.4, -0.2) is 40.4 Å². The molecule has 0 aromatic heterocycles. The van der Waals surface area contributed by atoms with Gasteiger partial charge >= 0.3 is 5.97 Å². The lowest BCUT2D eigenvalue weighted by Crippen LogP contribution is -2.16. The number of carboxylic acids is 1. The van der Waals surface area contributed by atoms with Crippen molar-refractivity contribution in [1.82, 2.24) is 4.90 Å². The molecule has 0 saturated heterocycles. The van der Waals surface area contributed by atoms with Crippen molar-refractivity contribution in [3.63, 3.8) is 0 Å². The Morgan fingerprint density at radius 2 is 2.10 bits per heavy atom. The molecule has 1 aromatic carbocycles. The fourth-order valence-electron chi connectivity index (χ4n) is 2.36. The Balaban J connectivity index is 2.15. The molecule has 1 amide bonds. The molecule has 1 aliphatic carbocycles. The molecule has 0 heterocycles. The van der Waals surface area contributed by atoms with E-state index < -0.39 is 12.1 Å². The lowest BCUT2D eigenvalue weighted by molar-refractivity contribution is -0.139. The minimum atomic E-state index is -0.903. The number of hydrogen-bond acceptors (Lipinski definition) is 4. The third kappa shape index (κ3) is 3.13. The summed E-state index contributed by atoms with van der Waals surface area (Å²) in [6.07, 6.45) is -0.243. The molecule has 2 atom stereocenters. The van der Waals surface area contributed by atoms with E-state index in [0.717, 1.165) is 27.8 Å².